The van der Waals surface area contributed by atoms with E-state index in [1.807, 2.05) is 32.0 Å². The molecular formula is C22H21FN2O2. The Labute approximate surface area is 157 Å². The van der Waals surface area contributed by atoms with Gasteiger partial charge >= 0.3 is 0 Å². The van der Waals surface area contributed by atoms with Crippen LogP contribution in [0.1, 0.15) is 34.1 Å². The maximum Gasteiger partial charge on any atom is 0.298 e. The van der Waals surface area contributed by atoms with Crippen molar-refractivity contribution in [3.63, 3.8) is 0 Å². The van der Waals surface area contributed by atoms with Gasteiger partial charge in [-0.1, -0.05) is 37.3 Å². The minimum absolute atomic E-state index is 0.295. The van der Waals surface area contributed by atoms with Gasteiger partial charge in [-0.3, -0.25) is 9.59 Å². The van der Waals surface area contributed by atoms with Gasteiger partial charge in [-0.25, -0.2) is 4.39 Å². The zero-order valence-electron chi connectivity index (χ0n) is 15.3. The van der Waals surface area contributed by atoms with E-state index in [4.69, 9.17) is 0 Å². The van der Waals surface area contributed by atoms with Crippen LogP contribution < -0.4 is 5.32 Å². The third-order valence-electron chi connectivity index (χ3n) is 4.51. The van der Waals surface area contributed by atoms with E-state index in [9.17, 15) is 14.0 Å². The predicted octanol–water partition coefficient (Wildman–Crippen LogP) is 4.37. The van der Waals surface area contributed by atoms with Crippen LogP contribution in [0.3, 0.4) is 0 Å². The van der Waals surface area contributed by atoms with E-state index in [0.29, 0.717) is 17.9 Å². The second-order valence-electron chi connectivity index (χ2n) is 6.39. The SMILES string of the molecule is CCc1cccc(C)c1NC(=O)C(=O)c1cccn1Cc1ccc(F)cc1. The van der Waals surface area contributed by atoms with E-state index in [0.717, 1.165) is 23.1 Å². The summed E-state index contributed by atoms with van der Waals surface area (Å²) >= 11 is 0. The van der Waals surface area contributed by atoms with E-state index in [-0.39, 0.29) is 5.82 Å². The van der Waals surface area contributed by atoms with Gasteiger partial charge in [0, 0.05) is 18.4 Å². The number of carbonyl (C=O) groups is 2. The molecule has 3 rings (SSSR count). The normalized spacial score (nSPS) is 10.6. The molecule has 1 heterocycles. The maximum atomic E-state index is 13.1. The third-order valence-corrected chi connectivity index (χ3v) is 4.51. The maximum absolute atomic E-state index is 13.1. The molecule has 0 fully saturated rings. The Morgan fingerprint density at radius 1 is 1.04 bits per heavy atom. The zero-order chi connectivity index (χ0) is 19.4. The molecule has 3 aromatic rings. The highest BCUT2D eigenvalue weighted by Gasteiger charge is 2.21. The number of carbonyl (C=O) groups excluding carboxylic acids is 2. The van der Waals surface area contributed by atoms with Crippen LogP contribution in [-0.2, 0) is 17.8 Å². The number of halogens is 1. The van der Waals surface area contributed by atoms with Crippen molar-refractivity contribution in [3.8, 4) is 0 Å². The number of benzene rings is 2. The highest BCUT2D eigenvalue weighted by atomic mass is 19.1. The van der Waals surface area contributed by atoms with E-state index >= 15 is 0 Å². The lowest BCUT2D eigenvalue weighted by Gasteiger charge is -2.13. The molecule has 4 nitrogen and oxygen atoms in total. The van der Waals surface area contributed by atoms with Gasteiger partial charge in [-0.2, -0.15) is 0 Å². The number of Topliss-reactive ketones (excluding diaryl/α,β-unsaturated/α-hetero) is 1. The van der Waals surface area contributed by atoms with E-state index in [1.165, 1.54) is 12.1 Å². The number of rotatable bonds is 6. The molecule has 0 aliphatic carbocycles. The van der Waals surface area contributed by atoms with E-state index in [1.54, 1.807) is 35.0 Å². The summed E-state index contributed by atoms with van der Waals surface area (Å²) in [5.41, 5.74) is 3.72. The van der Waals surface area contributed by atoms with Crippen LogP contribution in [0.4, 0.5) is 10.1 Å². The lowest BCUT2D eigenvalue weighted by Crippen LogP contribution is -2.26. The first-order chi connectivity index (χ1) is 13.0. The van der Waals surface area contributed by atoms with Crippen LogP contribution in [-0.4, -0.2) is 16.3 Å². The van der Waals surface area contributed by atoms with Crippen LogP contribution in [0.5, 0.6) is 0 Å². The number of hydrogen-bond acceptors (Lipinski definition) is 2. The first kappa shape index (κ1) is 18.6. The topological polar surface area (TPSA) is 51.1 Å². The molecule has 0 saturated heterocycles. The second-order valence-corrected chi connectivity index (χ2v) is 6.39. The Hall–Kier alpha value is -3.21. The van der Waals surface area contributed by atoms with Gasteiger partial charge in [0.2, 0.25) is 0 Å². The average molecular weight is 364 g/mol. The van der Waals surface area contributed by atoms with Gasteiger partial charge in [-0.15, -0.1) is 0 Å². The summed E-state index contributed by atoms with van der Waals surface area (Å²) in [6.07, 6.45) is 2.49. The summed E-state index contributed by atoms with van der Waals surface area (Å²) < 4.78 is 14.8. The molecule has 0 unspecified atom stereocenters. The fourth-order valence-electron chi connectivity index (χ4n) is 3.03. The van der Waals surface area contributed by atoms with Crippen molar-refractivity contribution in [2.45, 2.75) is 26.8 Å². The Bertz CT molecular complexity index is 974. The molecule has 1 amide bonds. The van der Waals surface area contributed by atoms with E-state index in [2.05, 4.69) is 5.32 Å². The molecule has 0 radical (unpaired) electrons. The Morgan fingerprint density at radius 2 is 1.78 bits per heavy atom. The Kier molecular flexibility index (Phi) is 5.50. The summed E-state index contributed by atoms with van der Waals surface area (Å²) in [5.74, 6) is -1.59. The first-order valence-corrected chi connectivity index (χ1v) is 8.83. The number of para-hydroxylation sites is 1. The molecule has 1 N–H and O–H groups in total. The summed E-state index contributed by atoms with van der Waals surface area (Å²) in [6.45, 7) is 4.28. The molecule has 0 aliphatic heterocycles. The first-order valence-electron chi connectivity index (χ1n) is 8.83. The van der Waals surface area contributed by atoms with Gasteiger partial charge < -0.3 is 9.88 Å². The molecule has 0 spiro atoms. The average Bonchev–Trinajstić information content (AvgIpc) is 3.12. The van der Waals surface area contributed by atoms with Crippen molar-refractivity contribution in [2.75, 3.05) is 5.32 Å². The van der Waals surface area contributed by atoms with Crippen LogP contribution >= 0.6 is 0 Å². The van der Waals surface area contributed by atoms with Gasteiger partial charge in [0.1, 0.15) is 5.82 Å². The Morgan fingerprint density at radius 3 is 2.48 bits per heavy atom. The number of aryl methyl sites for hydroxylation is 2. The molecule has 0 aliphatic rings. The van der Waals surface area contributed by atoms with Gasteiger partial charge in [-0.05, 0) is 54.3 Å². The molecular weight excluding hydrogens is 343 g/mol. The Balaban J connectivity index is 1.80. The fourth-order valence-corrected chi connectivity index (χ4v) is 3.03. The monoisotopic (exact) mass is 364 g/mol. The van der Waals surface area contributed by atoms with Crippen molar-refractivity contribution >= 4 is 17.4 Å². The minimum Gasteiger partial charge on any atom is -0.340 e. The van der Waals surface area contributed by atoms with Crippen molar-refractivity contribution in [1.29, 1.82) is 0 Å². The number of nitrogens with one attached hydrogen (secondary N) is 1. The number of nitrogens with zero attached hydrogens (tertiary/aromatic N) is 1. The number of ketones is 1. The quantitative estimate of drug-likeness (QED) is 0.522. The molecule has 0 saturated carbocycles. The molecule has 27 heavy (non-hydrogen) atoms. The smallest absolute Gasteiger partial charge is 0.298 e. The number of anilines is 1. The summed E-state index contributed by atoms with van der Waals surface area (Å²) in [4.78, 5) is 25.3. The van der Waals surface area contributed by atoms with Gasteiger partial charge in [0.15, 0.2) is 0 Å². The molecule has 0 bridgehead atoms. The molecule has 2 aromatic carbocycles. The zero-order valence-corrected chi connectivity index (χ0v) is 15.3. The van der Waals surface area contributed by atoms with Gasteiger partial charge in [0.05, 0.1) is 5.69 Å². The lowest BCUT2D eigenvalue weighted by molar-refractivity contribution is -0.112. The van der Waals surface area contributed by atoms with Crippen molar-refractivity contribution in [1.82, 2.24) is 4.57 Å². The number of hydrogen-bond donors (Lipinski definition) is 1. The summed E-state index contributed by atoms with van der Waals surface area (Å²) in [5, 5.41) is 2.76. The highest BCUT2D eigenvalue weighted by Crippen LogP contribution is 2.21. The van der Waals surface area contributed by atoms with Gasteiger partial charge in [0.25, 0.3) is 11.7 Å². The standard InChI is InChI=1S/C22H21FN2O2/c1-3-17-7-4-6-15(2)20(17)24-22(27)21(26)19-8-5-13-25(19)14-16-9-11-18(23)12-10-16/h4-13H,3,14H2,1-2H3,(H,24,27). The molecule has 0 atom stereocenters. The second kappa shape index (κ2) is 7.99. The fraction of sp³-hybridized carbons (Fsp3) is 0.182. The number of amides is 1. The van der Waals surface area contributed by atoms with Crippen LogP contribution in [0, 0.1) is 12.7 Å². The van der Waals surface area contributed by atoms with Crippen LogP contribution in [0.2, 0.25) is 0 Å². The summed E-state index contributed by atoms with van der Waals surface area (Å²) in [6, 6.07) is 15.2. The van der Waals surface area contributed by atoms with Crippen molar-refractivity contribution < 1.29 is 14.0 Å². The van der Waals surface area contributed by atoms with E-state index < -0.39 is 11.7 Å². The molecule has 5 heteroatoms. The third kappa shape index (κ3) is 4.14. The highest BCUT2D eigenvalue weighted by molar-refractivity contribution is 6.46. The van der Waals surface area contributed by atoms with Crippen molar-refractivity contribution in [2.24, 2.45) is 0 Å². The van der Waals surface area contributed by atoms with Crippen molar-refractivity contribution in [3.05, 3.63) is 89.0 Å². The summed E-state index contributed by atoms with van der Waals surface area (Å²) in [7, 11) is 0. The van der Waals surface area contributed by atoms with Crippen LogP contribution in [0.15, 0.2) is 60.8 Å². The van der Waals surface area contributed by atoms with Crippen LogP contribution in [0.25, 0.3) is 0 Å². The number of aromatic nitrogens is 1. The molecule has 1 aromatic heterocycles. The predicted molar refractivity (Wildman–Crippen MR) is 103 cm³/mol. The minimum atomic E-state index is -0.668. The molecule has 138 valence electrons. The lowest BCUT2D eigenvalue weighted by atomic mass is 10.1. The largest absolute Gasteiger partial charge is 0.340 e.